The average Bonchev–Trinajstić information content (AvgIpc) is 3.86. The third-order valence-corrected chi connectivity index (χ3v) is 13.8. The quantitative estimate of drug-likeness (QED) is 0.0743. The summed E-state index contributed by atoms with van der Waals surface area (Å²) in [7, 11) is 0. The molecule has 4 aromatic carbocycles. The van der Waals surface area contributed by atoms with E-state index in [1.807, 2.05) is 12.1 Å². The minimum Gasteiger partial charge on any atom is -0.352 e. The van der Waals surface area contributed by atoms with Gasteiger partial charge in [-0.25, -0.2) is 4.39 Å². The Morgan fingerprint density at radius 1 is 0.921 bits per heavy atom. The van der Waals surface area contributed by atoms with E-state index in [-0.39, 0.29) is 47.2 Å². The molecule has 4 aromatic rings. The molecule has 3 fully saturated rings. The highest BCUT2D eigenvalue weighted by Gasteiger charge is 2.72. The number of anilines is 2. The molecule has 12 nitrogen and oxygen atoms in total. The van der Waals surface area contributed by atoms with Crippen LogP contribution in [0.15, 0.2) is 78.9 Å². The number of benzene rings is 4. The highest BCUT2D eigenvalue weighted by molar-refractivity contribution is 6.31. The fourth-order valence-corrected chi connectivity index (χ4v) is 10.8. The molecule has 5 aliphatic rings. The highest BCUT2D eigenvalue weighted by atomic mass is 35.5. The summed E-state index contributed by atoms with van der Waals surface area (Å²) in [4.78, 5) is 80.6. The number of carbonyl (C=O) groups is 6. The van der Waals surface area contributed by atoms with Gasteiger partial charge in [-0.1, -0.05) is 72.5 Å². The van der Waals surface area contributed by atoms with Crippen LogP contribution in [0.25, 0.3) is 0 Å². The second-order valence-corrected chi connectivity index (χ2v) is 17.7. The van der Waals surface area contributed by atoms with Gasteiger partial charge in [-0.3, -0.25) is 39.4 Å². The van der Waals surface area contributed by atoms with Crippen molar-refractivity contribution in [2.75, 3.05) is 17.2 Å². The second-order valence-electron chi connectivity index (χ2n) is 16.8. The lowest BCUT2D eigenvalue weighted by Crippen LogP contribution is -2.60. The third kappa shape index (κ3) is 7.43. The number of nitrogens with zero attached hydrogens (tertiary/aromatic N) is 1. The van der Waals surface area contributed by atoms with Gasteiger partial charge in [0.05, 0.1) is 11.1 Å². The average molecular weight is 890 g/mol. The molecule has 15 heteroatoms. The minimum atomic E-state index is -1.36. The van der Waals surface area contributed by atoms with Crippen molar-refractivity contribution in [2.45, 2.75) is 93.3 Å². The summed E-state index contributed by atoms with van der Waals surface area (Å²) in [6.45, 7) is 0.638. The summed E-state index contributed by atoms with van der Waals surface area (Å²) in [5.41, 5.74) is 1.94. The molecule has 322 valence electrons. The Morgan fingerprint density at radius 2 is 1.71 bits per heavy atom. The van der Waals surface area contributed by atoms with Crippen molar-refractivity contribution in [3.05, 3.63) is 128 Å². The number of nitrogens with one attached hydrogen (secondary N) is 5. The number of piperidine rings is 1. The number of hydrogen-bond acceptors (Lipinski definition) is 7. The monoisotopic (exact) mass is 888 g/mol. The number of halogens is 3. The SMILES string of the molecule is O=C1CCC(N2Cc3cc(C#CCCCNC(=O)c4ccc(NC(=O)C5NC6(CCCCC6)C6(C(=O)Nc7cc(Cl)ccc76)C5c5cccc(Cl)c5F)cc4)ccc3C2=O)C(=O)N1. The molecule has 4 unspecified atom stereocenters. The van der Waals surface area contributed by atoms with Gasteiger partial charge in [-0.2, -0.15) is 0 Å². The minimum absolute atomic E-state index is 0.111. The zero-order valence-electron chi connectivity index (χ0n) is 34.0. The van der Waals surface area contributed by atoms with Crippen molar-refractivity contribution in [3.8, 4) is 11.8 Å². The van der Waals surface area contributed by atoms with Crippen molar-refractivity contribution in [2.24, 2.45) is 0 Å². The molecule has 1 saturated carbocycles. The summed E-state index contributed by atoms with van der Waals surface area (Å²) < 4.78 is 16.2. The molecule has 0 bridgehead atoms. The van der Waals surface area contributed by atoms with Crippen LogP contribution >= 0.6 is 23.2 Å². The Kier molecular flexibility index (Phi) is 11.3. The van der Waals surface area contributed by atoms with E-state index in [9.17, 15) is 28.8 Å². The zero-order valence-corrected chi connectivity index (χ0v) is 35.6. The standard InChI is InChI=1S/C48H43Cl2FN6O6/c49-30-14-18-34-36(25-30)54-46(63)48(34)39(33-9-7-10-35(50)40(33)51)41(56-47(48)21-4-2-5-22-47)44(61)53-31-15-12-28(13-16-31)42(59)52-23-6-1-3-8-27-11-17-32-29(24-27)26-57(45(32)62)37-19-20-38(58)55-43(37)60/h7,9-18,24-25,37,39,41,56H,1-2,4-6,19-23,26H2,(H,52,59)(H,53,61)(H,54,63)(H,55,58,60). The van der Waals surface area contributed by atoms with E-state index in [0.717, 1.165) is 30.4 Å². The molecule has 4 atom stereocenters. The fraction of sp³-hybridized carbons (Fsp3) is 0.333. The highest BCUT2D eigenvalue weighted by Crippen LogP contribution is 2.63. The van der Waals surface area contributed by atoms with Gasteiger partial charge in [-0.05, 0) is 103 Å². The van der Waals surface area contributed by atoms with E-state index in [4.69, 9.17) is 23.2 Å². The lowest BCUT2D eigenvalue weighted by Gasteiger charge is -2.47. The number of fused-ring (bicyclic) bond motifs is 4. The number of unbranched alkanes of at least 4 members (excludes halogenated alkanes) is 1. The van der Waals surface area contributed by atoms with Crippen LogP contribution in [0.2, 0.25) is 10.0 Å². The van der Waals surface area contributed by atoms with Crippen LogP contribution in [-0.2, 0) is 31.1 Å². The van der Waals surface area contributed by atoms with Crippen molar-refractivity contribution < 1.29 is 33.2 Å². The predicted molar refractivity (Wildman–Crippen MR) is 235 cm³/mol. The van der Waals surface area contributed by atoms with Crippen molar-refractivity contribution in [1.29, 1.82) is 0 Å². The molecule has 4 heterocycles. The van der Waals surface area contributed by atoms with Crippen molar-refractivity contribution in [3.63, 3.8) is 0 Å². The third-order valence-electron chi connectivity index (χ3n) is 13.2. The largest absolute Gasteiger partial charge is 0.352 e. The van der Waals surface area contributed by atoms with Crippen LogP contribution in [0, 0.1) is 17.7 Å². The molecule has 2 spiro atoms. The van der Waals surface area contributed by atoms with Crippen molar-refractivity contribution in [1.82, 2.24) is 20.9 Å². The number of carbonyl (C=O) groups excluding carboxylic acids is 6. The first-order valence-corrected chi connectivity index (χ1v) is 21.9. The summed E-state index contributed by atoms with van der Waals surface area (Å²) in [5.74, 6) is 2.44. The Morgan fingerprint density at radius 3 is 2.49 bits per heavy atom. The molecule has 63 heavy (non-hydrogen) atoms. The molecule has 2 saturated heterocycles. The van der Waals surface area contributed by atoms with Gasteiger partial charge in [0.25, 0.3) is 11.8 Å². The lowest BCUT2D eigenvalue weighted by molar-refractivity contribution is -0.137. The molecule has 5 N–H and O–H groups in total. The van der Waals surface area contributed by atoms with E-state index in [1.165, 1.54) is 11.0 Å². The summed E-state index contributed by atoms with van der Waals surface area (Å²) in [6.07, 6.45) is 5.35. The predicted octanol–water partition coefficient (Wildman–Crippen LogP) is 6.74. The topological polar surface area (TPSA) is 166 Å². The Hall–Kier alpha value is -6.07. The maximum absolute atomic E-state index is 16.2. The number of hydrogen-bond donors (Lipinski definition) is 5. The first kappa shape index (κ1) is 42.2. The van der Waals surface area contributed by atoms with Crippen LogP contribution in [0.3, 0.4) is 0 Å². The van der Waals surface area contributed by atoms with Crippen molar-refractivity contribution >= 4 is 70.0 Å². The Balaban J connectivity index is 0.845. The van der Waals surface area contributed by atoms with Crippen LogP contribution in [-0.4, -0.2) is 64.5 Å². The van der Waals surface area contributed by atoms with Gasteiger partial charge in [0, 0.05) is 70.5 Å². The molecule has 9 rings (SSSR count). The van der Waals surface area contributed by atoms with Crippen LogP contribution in [0.4, 0.5) is 15.8 Å². The molecule has 0 radical (unpaired) electrons. The van der Waals surface area contributed by atoms with Crippen LogP contribution in [0.1, 0.15) is 107 Å². The number of imide groups is 1. The van der Waals surface area contributed by atoms with Gasteiger partial charge in [-0.15, -0.1) is 0 Å². The van der Waals surface area contributed by atoms with Gasteiger partial charge in [0.15, 0.2) is 0 Å². The van der Waals surface area contributed by atoms with Crippen LogP contribution in [0.5, 0.6) is 0 Å². The lowest BCUT2D eigenvalue weighted by atomic mass is 9.55. The Bertz CT molecular complexity index is 2660. The van der Waals surface area contributed by atoms with E-state index < -0.39 is 46.6 Å². The zero-order chi connectivity index (χ0) is 44.0. The first-order valence-electron chi connectivity index (χ1n) is 21.2. The van der Waals surface area contributed by atoms with E-state index in [0.29, 0.717) is 71.7 Å². The maximum atomic E-state index is 16.2. The molecular formula is C48H43Cl2FN6O6. The van der Waals surface area contributed by atoms with E-state index in [1.54, 1.807) is 60.7 Å². The summed E-state index contributed by atoms with van der Waals surface area (Å²) in [5, 5.41) is 15.2. The van der Waals surface area contributed by atoms with E-state index >= 15 is 4.39 Å². The molecule has 1 aliphatic carbocycles. The normalized spacial score (nSPS) is 23.2. The van der Waals surface area contributed by atoms with Gasteiger partial charge < -0.3 is 20.9 Å². The smallest absolute Gasteiger partial charge is 0.255 e. The van der Waals surface area contributed by atoms with Gasteiger partial charge >= 0.3 is 0 Å². The second kappa shape index (κ2) is 16.9. The maximum Gasteiger partial charge on any atom is 0.255 e. The first-order chi connectivity index (χ1) is 30.4. The van der Waals surface area contributed by atoms with Gasteiger partial charge in [0.1, 0.15) is 17.3 Å². The molecule has 0 aromatic heterocycles. The number of rotatable bonds is 8. The molecule has 6 amide bonds. The number of amides is 6. The van der Waals surface area contributed by atoms with E-state index in [2.05, 4.69) is 38.4 Å². The summed E-state index contributed by atoms with van der Waals surface area (Å²) in [6, 6.07) is 19.9. The summed E-state index contributed by atoms with van der Waals surface area (Å²) >= 11 is 12.8. The molecule has 4 aliphatic heterocycles. The Labute approximate surface area is 373 Å². The van der Waals surface area contributed by atoms with Crippen LogP contribution < -0.4 is 26.6 Å². The molecular weight excluding hydrogens is 846 g/mol. The van der Waals surface area contributed by atoms with Gasteiger partial charge in [0.2, 0.25) is 23.6 Å². The fourth-order valence-electron chi connectivity index (χ4n) is 10.4.